The summed E-state index contributed by atoms with van der Waals surface area (Å²) in [6.45, 7) is 1.20. The Labute approximate surface area is 152 Å². The van der Waals surface area contributed by atoms with Gasteiger partial charge < -0.3 is 9.64 Å². The molecule has 2 rings (SSSR count). The number of aryl methyl sites for hydroxylation is 1. The van der Waals surface area contributed by atoms with E-state index in [2.05, 4.69) is 37.2 Å². The molecule has 0 N–H and O–H groups in total. The van der Waals surface area contributed by atoms with Crippen LogP contribution in [-0.2, 0) is 12.8 Å². The fourth-order valence-electron chi connectivity index (χ4n) is 2.62. The predicted octanol–water partition coefficient (Wildman–Crippen LogP) is 1.34. The summed E-state index contributed by atoms with van der Waals surface area (Å²) in [6, 6.07) is 6.54. The molecule has 1 aliphatic carbocycles. The second-order valence-electron chi connectivity index (χ2n) is 5.34. The van der Waals surface area contributed by atoms with E-state index in [9.17, 15) is 0 Å². The predicted molar refractivity (Wildman–Crippen MR) is 96.0 cm³/mol. The third-order valence-electron chi connectivity index (χ3n) is 3.73. The minimum absolute atomic E-state index is 0. The molecule has 0 saturated heterocycles. The number of rotatable bonds is 4. The second kappa shape index (κ2) is 11.0. The molecule has 20 heavy (non-hydrogen) atoms. The van der Waals surface area contributed by atoms with Gasteiger partial charge in [0, 0.05) is 0 Å². The van der Waals surface area contributed by atoms with Crippen molar-refractivity contribution in [3.05, 3.63) is 29.3 Å². The number of benzene rings is 1. The molecule has 0 heterocycles. The first-order valence-electron chi connectivity index (χ1n) is 6.49. The van der Waals surface area contributed by atoms with E-state index in [4.69, 9.17) is 4.74 Å². The number of hydrogen-bond donors (Lipinski definition) is 0. The first-order chi connectivity index (χ1) is 8.19. The fourth-order valence-corrected chi connectivity index (χ4v) is 2.62. The second-order valence-corrected chi connectivity index (χ2v) is 5.34. The van der Waals surface area contributed by atoms with Gasteiger partial charge >= 0.3 is 18.9 Å². The van der Waals surface area contributed by atoms with Crippen LogP contribution in [0.2, 0.25) is 0 Å². The van der Waals surface area contributed by atoms with Crippen LogP contribution in [0.3, 0.4) is 0 Å². The standard InChI is InChI=1S/C15H23NO.Al.ClH.Li.4H/c1-16(2)9-8-12-4-5-14-11-15(17-3)7-6-13(14)10-12;;;;;;;/h6-7,11-12H,4-5,8-10H2,1-3H3;;1H;;;;;. The van der Waals surface area contributed by atoms with E-state index in [1.54, 1.807) is 7.11 Å². The molecule has 1 aromatic carbocycles. The topological polar surface area (TPSA) is 12.5 Å². The van der Waals surface area contributed by atoms with E-state index < -0.39 is 0 Å². The van der Waals surface area contributed by atoms with Crippen LogP contribution in [0.5, 0.6) is 5.75 Å². The maximum absolute atomic E-state index is 5.28. The summed E-state index contributed by atoms with van der Waals surface area (Å²) in [5.41, 5.74) is 3.02. The maximum atomic E-state index is 5.28. The van der Waals surface area contributed by atoms with Gasteiger partial charge in [-0.25, -0.2) is 0 Å². The molecule has 110 valence electrons. The summed E-state index contributed by atoms with van der Waals surface area (Å²) in [6.07, 6.45) is 5.10. The van der Waals surface area contributed by atoms with Crippen molar-refractivity contribution in [3.8, 4) is 5.75 Å². The SMILES string of the molecule is COc1ccc2c(c1)CCC(CCN(C)C)C2.Cl.[AlH3].[LiH]. The first-order valence-corrected chi connectivity index (χ1v) is 6.49. The van der Waals surface area contributed by atoms with Crippen molar-refractivity contribution in [1.29, 1.82) is 0 Å². The number of halogens is 1. The summed E-state index contributed by atoms with van der Waals surface area (Å²) in [5, 5.41) is 0. The first kappa shape index (κ1) is 22.7. The monoisotopic (exact) mass is 307 g/mol. The average molecular weight is 308 g/mol. The van der Waals surface area contributed by atoms with Crippen molar-refractivity contribution < 1.29 is 4.74 Å². The van der Waals surface area contributed by atoms with Gasteiger partial charge in [-0.15, -0.1) is 12.4 Å². The number of hydrogen-bond acceptors (Lipinski definition) is 2. The molecule has 0 fully saturated rings. The van der Waals surface area contributed by atoms with Crippen LogP contribution in [0.1, 0.15) is 24.0 Å². The Hall–Kier alpha value is 0.400. The van der Waals surface area contributed by atoms with E-state index in [0.717, 1.165) is 11.7 Å². The van der Waals surface area contributed by atoms with Crippen LogP contribution in [0.25, 0.3) is 0 Å². The molecule has 0 amide bonds. The van der Waals surface area contributed by atoms with Gasteiger partial charge in [0.05, 0.1) is 7.11 Å². The molecule has 0 radical (unpaired) electrons. The zero-order chi connectivity index (χ0) is 12.3. The Morgan fingerprint density at radius 2 is 1.95 bits per heavy atom. The molecule has 1 aromatic rings. The number of nitrogens with zero attached hydrogens (tertiary/aromatic N) is 1. The zero-order valence-corrected chi connectivity index (χ0v) is 12.4. The van der Waals surface area contributed by atoms with E-state index in [1.807, 2.05) is 0 Å². The van der Waals surface area contributed by atoms with Gasteiger partial charge in [0.1, 0.15) is 5.75 Å². The van der Waals surface area contributed by atoms with E-state index in [1.165, 1.54) is 43.4 Å². The zero-order valence-electron chi connectivity index (χ0n) is 11.6. The molecule has 0 bridgehead atoms. The minimum atomic E-state index is 0. The van der Waals surface area contributed by atoms with Gasteiger partial charge in [-0.1, -0.05) is 6.07 Å². The Balaban J connectivity index is 0. The summed E-state index contributed by atoms with van der Waals surface area (Å²) in [5.74, 6) is 1.86. The van der Waals surface area contributed by atoms with Crippen molar-refractivity contribution in [2.75, 3.05) is 27.7 Å². The van der Waals surface area contributed by atoms with Crippen LogP contribution >= 0.6 is 12.4 Å². The Morgan fingerprint density at radius 3 is 2.55 bits per heavy atom. The normalized spacial score (nSPS) is 16.3. The summed E-state index contributed by atoms with van der Waals surface area (Å²) in [4.78, 5) is 2.28. The third kappa shape index (κ3) is 6.44. The molecule has 0 aliphatic heterocycles. The Bertz CT molecular complexity index is 390. The molecule has 0 aromatic heterocycles. The van der Waals surface area contributed by atoms with Crippen LogP contribution in [0, 0.1) is 5.92 Å². The van der Waals surface area contributed by atoms with Crippen molar-refractivity contribution in [2.24, 2.45) is 5.92 Å². The molecule has 0 saturated carbocycles. The van der Waals surface area contributed by atoms with E-state index in [0.29, 0.717) is 0 Å². The molecule has 5 heteroatoms. The summed E-state index contributed by atoms with van der Waals surface area (Å²) in [7, 11) is 6.05. The van der Waals surface area contributed by atoms with Crippen LogP contribution in [0.15, 0.2) is 18.2 Å². The van der Waals surface area contributed by atoms with Crippen molar-refractivity contribution >= 4 is 48.6 Å². The van der Waals surface area contributed by atoms with E-state index in [-0.39, 0.29) is 48.6 Å². The molecular formula is C15H28AlClLiNO. The molecule has 1 unspecified atom stereocenters. The van der Waals surface area contributed by atoms with Gasteiger partial charge in [-0.2, -0.15) is 0 Å². The number of methoxy groups -OCH3 is 1. The quantitative estimate of drug-likeness (QED) is 0.779. The Kier molecular flexibility index (Phi) is 12.5. The molecular weight excluding hydrogens is 280 g/mol. The number of ether oxygens (including phenoxy) is 1. The van der Waals surface area contributed by atoms with Crippen LogP contribution in [0.4, 0.5) is 0 Å². The molecule has 1 atom stereocenters. The van der Waals surface area contributed by atoms with E-state index >= 15 is 0 Å². The molecule has 1 aliphatic rings. The van der Waals surface area contributed by atoms with Gasteiger partial charge in [0.15, 0.2) is 17.4 Å². The van der Waals surface area contributed by atoms with Crippen LogP contribution in [-0.4, -0.2) is 68.9 Å². The van der Waals surface area contributed by atoms with Gasteiger partial charge in [-0.05, 0) is 75.5 Å². The van der Waals surface area contributed by atoms with Crippen molar-refractivity contribution in [1.82, 2.24) is 4.90 Å². The van der Waals surface area contributed by atoms with Gasteiger partial charge in [0.25, 0.3) is 0 Å². The number of fused-ring (bicyclic) bond motifs is 1. The fraction of sp³-hybridized carbons (Fsp3) is 0.600. The Morgan fingerprint density at radius 1 is 1.25 bits per heavy atom. The van der Waals surface area contributed by atoms with Crippen LogP contribution < -0.4 is 4.74 Å². The van der Waals surface area contributed by atoms with Crippen molar-refractivity contribution in [3.63, 3.8) is 0 Å². The van der Waals surface area contributed by atoms with Gasteiger partial charge in [-0.3, -0.25) is 0 Å². The summed E-state index contributed by atoms with van der Waals surface area (Å²) >= 11 is 0. The van der Waals surface area contributed by atoms with Gasteiger partial charge in [0.2, 0.25) is 0 Å². The molecule has 0 spiro atoms. The third-order valence-corrected chi connectivity index (χ3v) is 3.73. The van der Waals surface area contributed by atoms with Crippen molar-refractivity contribution in [2.45, 2.75) is 25.7 Å². The average Bonchev–Trinajstić information content (AvgIpc) is 2.35. The molecule has 2 nitrogen and oxygen atoms in total. The summed E-state index contributed by atoms with van der Waals surface area (Å²) < 4.78 is 5.28.